The molecule has 1 unspecified atom stereocenters. The highest BCUT2D eigenvalue weighted by Crippen LogP contribution is 2.43. The number of carbonyl (C=O) groups excluding carboxylic acids is 4. The number of benzene rings is 3. The van der Waals surface area contributed by atoms with Crippen LogP contribution in [0.5, 0.6) is 11.5 Å². The van der Waals surface area contributed by atoms with Gasteiger partial charge in [-0.3, -0.25) is 19.3 Å². The number of anilines is 2. The maximum absolute atomic E-state index is 14.7. The number of aromatic nitrogens is 1. The minimum absolute atomic E-state index is 0.00123. The summed E-state index contributed by atoms with van der Waals surface area (Å²) in [6.07, 6.45) is 2.09. The summed E-state index contributed by atoms with van der Waals surface area (Å²) < 4.78 is 50.3. The molecule has 3 aromatic carbocycles. The van der Waals surface area contributed by atoms with Crippen LogP contribution in [0.4, 0.5) is 25.7 Å². The SMILES string of the molecule is CCCC[C@@H](COC(=O)N(Cc1cccs1)Cc1cccs1)NC(=O)N[C@@H](CC(=O)OC)c1ccc2c(c1)OC(c1ccc(Nc3nc4ccc(CC(=O)N5C[C@@H](F)C[C@H]5COC5CCC(C(=O)O)CC5)cc4o3)c(C)c1)O2. The zero-order chi connectivity index (χ0) is 54.7. The fourth-order valence-electron chi connectivity index (χ4n) is 10.0. The van der Waals surface area contributed by atoms with Gasteiger partial charge in [0, 0.05) is 27.4 Å². The maximum atomic E-state index is 14.7. The average molecular weight is 1110 g/mol. The van der Waals surface area contributed by atoms with E-state index in [9.17, 15) is 33.5 Å². The average Bonchev–Trinajstić information content (AvgIpc) is 4.35. The van der Waals surface area contributed by atoms with Gasteiger partial charge in [0.25, 0.3) is 12.3 Å². The number of fused-ring (bicyclic) bond motifs is 2. The van der Waals surface area contributed by atoms with E-state index in [0.29, 0.717) is 84.6 Å². The Kier molecular flexibility index (Phi) is 18.5. The van der Waals surface area contributed by atoms with E-state index in [-0.39, 0.29) is 63.0 Å². The third kappa shape index (κ3) is 14.5. The summed E-state index contributed by atoms with van der Waals surface area (Å²) in [5, 5.41) is 22.4. The molecule has 3 aliphatic rings. The van der Waals surface area contributed by atoms with Crippen LogP contribution in [-0.4, -0.2) is 101 Å². The number of methoxy groups -OCH3 is 1. The van der Waals surface area contributed by atoms with E-state index in [1.807, 2.05) is 67.1 Å². The topological polar surface area (TPSA) is 220 Å². The lowest BCUT2D eigenvalue weighted by Crippen LogP contribution is -2.46. The standard InChI is InChI=1S/C57H65FN6O12S2/c1-4-5-8-40(32-73-57(70)63(30-43-9-6-21-77-43)31-44-10-7-22-78-44)59-55(69)60-47(28-52(66)71-3)37-15-20-48-50(26-37)75-54(74-48)38-14-19-45(34(2)23-38)61-56-62-46-18-11-35(24-49(46)76-56)25-51(65)64-29-39(58)27-41(64)33-72-42-16-12-36(13-17-42)53(67)68/h6-7,9-11,14-15,18-24,26,36,39-42,47,54H,4-5,8,12-13,16-17,25,27-33H2,1-3H3,(H,61,62)(H,67,68)(H2,59,60,69)/t36?,39-,40-,41-,42?,47-,54?/m0/s1. The number of halogens is 1. The first-order valence-electron chi connectivity index (χ1n) is 26.4. The molecule has 5 atom stereocenters. The first-order chi connectivity index (χ1) is 37.8. The number of aliphatic carboxylic acids is 1. The molecular formula is C57H65FN6O12S2. The number of rotatable bonds is 23. The monoisotopic (exact) mass is 1110 g/mol. The highest BCUT2D eigenvalue weighted by Gasteiger charge is 2.37. The number of hydrogen-bond donors (Lipinski definition) is 4. The van der Waals surface area contributed by atoms with Crippen LogP contribution in [0.2, 0.25) is 0 Å². The fourth-order valence-corrected chi connectivity index (χ4v) is 11.5. The molecule has 0 radical (unpaired) electrons. The third-order valence-corrected chi connectivity index (χ3v) is 16.0. The molecule has 2 fully saturated rings. The number of carbonyl (C=O) groups is 5. The zero-order valence-electron chi connectivity index (χ0n) is 43.8. The van der Waals surface area contributed by atoms with Gasteiger partial charge >= 0.3 is 24.1 Å². The Morgan fingerprint density at radius 1 is 0.923 bits per heavy atom. The van der Waals surface area contributed by atoms with Gasteiger partial charge in [0.2, 0.25) is 5.91 Å². The number of nitrogens with one attached hydrogen (secondary N) is 3. The molecule has 1 aliphatic carbocycles. The first kappa shape index (κ1) is 55.5. The van der Waals surface area contributed by atoms with Gasteiger partial charge < -0.3 is 54.1 Å². The number of thiophene rings is 2. The lowest BCUT2D eigenvalue weighted by Gasteiger charge is -2.29. The molecule has 21 heteroatoms. The lowest BCUT2D eigenvalue weighted by molar-refractivity contribution is -0.144. The molecular weight excluding hydrogens is 1040 g/mol. The number of amides is 4. The highest BCUT2D eigenvalue weighted by atomic mass is 32.1. The third-order valence-electron chi connectivity index (χ3n) is 14.3. The number of nitrogens with zero attached hydrogens (tertiary/aromatic N) is 3. The van der Waals surface area contributed by atoms with Crippen LogP contribution in [0, 0.1) is 12.8 Å². The van der Waals surface area contributed by atoms with Crippen LogP contribution < -0.4 is 25.4 Å². The Hall–Kier alpha value is -7.23. The second-order valence-corrected chi connectivity index (χ2v) is 22.1. The molecule has 0 spiro atoms. The zero-order valence-corrected chi connectivity index (χ0v) is 45.4. The van der Waals surface area contributed by atoms with Crippen LogP contribution in [0.25, 0.3) is 11.1 Å². The maximum Gasteiger partial charge on any atom is 0.410 e. The van der Waals surface area contributed by atoms with Gasteiger partial charge in [0.05, 0.1) is 76.3 Å². The fraction of sp³-hybridized carbons (Fsp3) is 0.439. The predicted octanol–water partition coefficient (Wildman–Crippen LogP) is 10.9. The van der Waals surface area contributed by atoms with Gasteiger partial charge in [-0.2, -0.15) is 4.98 Å². The predicted molar refractivity (Wildman–Crippen MR) is 291 cm³/mol. The van der Waals surface area contributed by atoms with E-state index < -0.39 is 54.7 Å². The lowest BCUT2D eigenvalue weighted by atomic mass is 9.87. The Labute approximate surface area is 459 Å². The van der Waals surface area contributed by atoms with Crippen molar-refractivity contribution in [2.45, 2.75) is 128 Å². The summed E-state index contributed by atoms with van der Waals surface area (Å²) >= 11 is 3.12. The van der Waals surface area contributed by atoms with Crippen molar-refractivity contribution in [1.82, 2.24) is 25.4 Å². The Bertz CT molecular complexity index is 2980. The van der Waals surface area contributed by atoms with Gasteiger partial charge in [-0.05, 0) is 121 Å². The van der Waals surface area contributed by atoms with Gasteiger partial charge in [-0.15, -0.1) is 22.7 Å². The first-order valence-corrected chi connectivity index (χ1v) is 28.2. The number of hydrogen-bond acceptors (Lipinski definition) is 15. The van der Waals surface area contributed by atoms with Crippen molar-refractivity contribution in [3.05, 3.63) is 122 Å². The number of ether oxygens (including phenoxy) is 5. The molecule has 9 rings (SSSR count). The van der Waals surface area contributed by atoms with E-state index >= 15 is 0 Å². The Balaban J connectivity index is 0.787. The van der Waals surface area contributed by atoms with E-state index in [4.69, 9.17) is 28.1 Å². The smallest absolute Gasteiger partial charge is 0.410 e. The van der Waals surface area contributed by atoms with Crippen LogP contribution in [0.15, 0.2) is 94.0 Å². The molecule has 414 valence electrons. The van der Waals surface area contributed by atoms with Crippen LogP contribution in [0.1, 0.15) is 109 Å². The summed E-state index contributed by atoms with van der Waals surface area (Å²) in [5.74, 6) is -1.01. The van der Waals surface area contributed by atoms with Gasteiger partial charge in [-0.25, -0.2) is 14.0 Å². The second kappa shape index (κ2) is 25.9. The molecule has 6 aromatic rings. The Morgan fingerprint density at radius 3 is 2.37 bits per heavy atom. The minimum Gasteiger partial charge on any atom is -0.481 e. The number of likely N-dealkylation sites (tertiary alicyclic amines) is 1. The molecule has 3 aromatic heterocycles. The number of unbranched alkanes of at least 4 members (excludes halogenated alkanes) is 1. The van der Waals surface area contributed by atoms with Crippen LogP contribution >= 0.6 is 22.7 Å². The number of alkyl halides is 1. The number of carboxylic acid groups (broad SMARTS) is 1. The van der Waals surface area contributed by atoms with E-state index in [1.165, 1.54) is 7.11 Å². The van der Waals surface area contributed by atoms with Crippen molar-refractivity contribution >= 4 is 75.4 Å². The summed E-state index contributed by atoms with van der Waals surface area (Å²) in [4.78, 5) is 74.7. The molecule has 0 bridgehead atoms. The Morgan fingerprint density at radius 2 is 1.68 bits per heavy atom. The summed E-state index contributed by atoms with van der Waals surface area (Å²) in [6.45, 7) is 4.90. The highest BCUT2D eigenvalue weighted by molar-refractivity contribution is 7.10. The van der Waals surface area contributed by atoms with Crippen molar-refractivity contribution in [3.63, 3.8) is 0 Å². The summed E-state index contributed by atoms with van der Waals surface area (Å²) in [6, 6.07) is 22.0. The van der Waals surface area contributed by atoms with E-state index in [1.54, 1.807) is 68.9 Å². The normalized spacial score (nSPS) is 19.5. The van der Waals surface area contributed by atoms with Crippen molar-refractivity contribution in [3.8, 4) is 11.5 Å². The van der Waals surface area contributed by atoms with Crippen molar-refractivity contribution in [1.29, 1.82) is 0 Å². The number of esters is 1. The van der Waals surface area contributed by atoms with Gasteiger partial charge in [-0.1, -0.05) is 44.0 Å². The van der Waals surface area contributed by atoms with Crippen molar-refractivity contribution in [2.24, 2.45) is 5.92 Å². The van der Waals surface area contributed by atoms with Crippen LogP contribution in [0.3, 0.4) is 0 Å². The molecule has 4 amide bonds. The molecule has 18 nitrogen and oxygen atoms in total. The molecule has 1 saturated heterocycles. The van der Waals surface area contributed by atoms with E-state index in [2.05, 4.69) is 20.9 Å². The molecule has 78 heavy (non-hydrogen) atoms. The van der Waals surface area contributed by atoms with Gasteiger partial charge in [0.1, 0.15) is 18.3 Å². The number of oxazole rings is 1. The molecule has 2 aliphatic heterocycles. The summed E-state index contributed by atoms with van der Waals surface area (Å²) in [5.41, 5.74) is 4.59. The van der Waals surface area contributed by atoms with E-state index in [0.717, 1.165) is 33.7 Å². The number of urea groups is 1. The molecule has 5 heterocycles. The number of aryl methyl sites for hydroxylation is 1. The summed E-state index contributed by atoms with van der Waals surface area (Å²) in [7, 11) is 1.28. The molecule has 4 N–H and O–H groups in total. The second-order valence-electron chi connectivity index (χ2n) is 20.0. The van der Waals surface area contributed by atoms with Gasteiger partial charge in [0.15, 0.2) is 17.1 Å². The minimum atomic E-state index is -1.15. The van der Waals surface area contributed by atoms with Crippen molar-refractivity contribution < 1.29 is 61.6 Å². The number of carboxylic acids is 1. The largest absolute Gasteiger partial charge is 0.481 e. The molecule has 1 saturated carbocycles. The van der Waals surface area contributed by atoms with Crippen LogP contribution in [-0.2, 0) is 48.1 Å². The van der Waals surface area contributed by atoms with Crippen molar-refractivity contribution in [2.75, 3.05) is 32.2 Å². The quantitative estimate of drug-likeness (QED) is 0.0439.